The van der Waals surface area contributed by atoms with Gasteiger partial charge in [-0.2, -0.15) is 8.78 Å². The van der Waals surface area contributed by atoms with Gasteiger partial charge in [0, 0.05) is 12.6 Å². The van der Waals surface area contributed by atoms with E-state index in [0.29, 0.717) is 24.3 Å². The maximum atomic E-state index is 12.3. The van der Waals surface area contributed by atoms with Crippen LogP contribution in [-0.4, -0.2) is 19.8 Å². The zero-order valence-corrected chi connectivity index (χ0v) is 12.5. The summed E-state index contributed by atoms with van der Waals surface area (Å²) in [6, 6.07) is 5.43. The Morgan fingerprint density at radius 2 is 1.90 bits per heavy atom. The zero-order chi connectivity index (χ0) is 15.1. The summed E-state index contributed by atoms with van der Waals surface area (Å²) < 4.78 is 34.2. The summed E-state index contributed by atoms with van der Waals surface area (Å²) in [6.07, 6.45) is 1.09. The van der Waals surface area contributed by atoms with Crippen LogP contribution in [0.1, 0.15) is 32.8 Å². The first-order chi connectivity index (χ1) is 9.47. The standard InChI is InChI=1S/C15H23F2NO2/c1-5-10(2)11(3)18-9-12-6-7-13(19-4)14(8-12)20-15(16)17/h6-8,10-11,15,18H,5,9H2,1-4H3. The molecular formula is C15H23F2NO2. The van der Waals surface area contributed by atoms with Gasteiger partial charge in [0.1, 0.15) is 0 Å². The van der Waals surface area contributed by atoms with Crippen LogP contribution in [0.5, 0.6) is 11.5 Å². The summed E-state index contributed by atoms with van der Waals surface area (Å²) in [5.41, 5.74) is 0.886. The molecule has 0 fully saturated rings. The molecule has 0 saturated carbocycles. The summed E-state index contributed by atoms with van der Waals surface area (Å²) in [5, 5.41) is 3.38. The van der Waals surface area contributed by atoms with E-state index in [-0.39, 0.29) is 5.75 Å². The van der Waals surface area contributed by atoms with E-state index in [1.54, 1.807) is 12.1 Å². The van der Waals surface area contributed by atoms with Gasteiger partial charge in [0.2, 0.25) is 0 Å². The third-order valence-electron chi connectivity index (χ3n) is 3.57. The predicted molar refractivity (Wildman–Crippen MR) is 75.4 cm³/mol. The van der Waals surface area contributed by atoms with Crippen molar-refractivity contribution in [2.45, 2.75) is 46.4 Å². The van der Waals surface area contributed by atoms with Gasteiger partial charge < -0.3 is 14.8 Å². The van der Waals surface area contributed by atoms with Crippen LogP contribution in [0.2, 0.25) is 0 Å². The number of hydrogen-bond donors (Lipinski definition) is 1. The van der Waals surface area contributed by atoms with Crippen LogP contribution in [0.15, 0.2) is 18.2 Å². The highest BCUT2D eigenvalue weighted by atomic mass is 19.3. The van der Waals surface area contributed by atoms with Crippen LogP contribution in [0.3, 0.4) is 0 Å². The fourth-order valence-corrected chi connectivity index (χ4v) is 1.85. The van der Waals surface area contributed by atoms with Gasteiger partial charge in [0.25, 0.3) is 0 Å². The zero-order valence-electron chi connectivity index (χ0n) is 12.5. The van der Waals surface area contributed by atoms with Gasteiger partial charge >= 0.3 is 6.61 Å². The van der Waals surface area contributed by atoms with Crippen molar-refractivity contribution in [1.82, 2.24) is 5.32 Å². The molecule has 0 heterocycles. The van der Waals surface area contributed by atoms with Crippen LogP contribution in [0.25, 0.3) is 0 Å². The highest BCUT2D eigenvalue weighted by molar-refractivity contribution is 5.43. The SMILES string of the molecule is CCC(C)C(C)NCc1ccc(OC)c(OC(F)F)c1. The molecule has 0 aliphatic rings. The predicted octanol–water partition coefficient (Wildman–Crippen LogP) is 3.82. The molecule has 2 unspecified atom stereocenters. The molecule has 20 heavy (non-hydrogen) atoms. The number of hydrogen-bond acceptors (Lipinski definition) is 3. The lowest BCUT2D eigenvalue weighted by atomic mass is 10.0. The van der Waals surface area contributed by atoms with E-state index in [1.165, 1.54) is 7.11 Å². The van der Waals surface area contributed by atoms with Gasteiger partial charge in [-0.25, -0.2) is 0 Å². The van der Waals surface area contributed by atoms with E-state index in [9.17, 15) is 8.78 Å². The van der Waals surface area contributed by atoms with Crippen molar-refractivity contribution >= 4 is 0 Å². The number of methoxy groups -OCH3 is 1. The maximum Gasteiger partial charge on any atom is 0.387 e. The van der Waals surface area contributed by atoms with Crippen molar-refractivity contribution in [3.05, 3.63) is 23.8 Å². The summed E-state index contributed by atoms with van der Waals surface area (Å²) in [4.78, 5) is 0. The molecular weight excluding hydrogens is 264 g/mol. The summed E-state index contributed by atoms with van der Waals surface area (Å²) >= 11 is 0. The second-order valence-corrected chi connectivity index (χ2v) is 4.92. The highest BCUT2D eigenvalue weighted by Crippen LogP contribution is 2.29. The van der Waals surface area contributed by atoms with E-state index >= 15 is 0 Å². The average Bonchev–Trinajstić information content (AvgIpc) is 2.43. The van der Waals surface area contributed by atoms with E-state index in [0.717, 1.165) is 12.0 Å². The molecule has 114 valence electrons. The molecule has 3 nitrogen and oxygen atoms in total. The van der Waals surface area contributed by atoms with Crippen molar-refractivity contribution in [1.29, 1.82) is 0 Å². The minimum absolute atomic E-state index is 0.0676. The van der Waals surface area contributed by atoms with Crippen molar-refractivity contribution in [3.63, 3.8) is 0 Å². The van der Waals surface area contributed by atoms with Gasteiger partial charge in [-0.3, -0.25) is 0 Å². The number of nitrogens with one attached hydrogen (secondary N) is 1. The van der Waals surface area contributed by atoms with Crippen LogP contribution in [0, 0.1) is 5.92 Å². The Bertz CT molecular complexity index is 413. The van der Waals surface area contributed by atoms with Gasteiger partial charge in [-0.15, -0.1) is 0 Å². The van der Waals surface area contributed by atoms with Gasteiger partial charge in [-0.05, 0) is 30.5 Å². The molecule has 5 heteroatoms. The molecule has 0 aliphatic carbocycles. The number of rotatable bonds is 8. The lowest BCUT2D eigenvalue weighted by Crippen LogP contribution is -2.31. The second-order valence-electron chi connectivity index (χ2n) is 4.92. The Morgan fingerprint density at radius 1 is 1.20 bits per heavy atom. The van der Waals surface area contributed by atoms with Crippen LogP contribution < -0.4 is 14.8 Å². The first-order valence-corrected chi connectivity index (χ1v) is 6.83. The Labute approximate surface area is 119 Å². The van der Waals surface area contributed by atoms with Gasteiger partial charge in [-0.1, -0.05) is 26.3 Å². The van der Waals surface area contributed by atoms with Gasteiger partial charge in [0.15, 0.2) is 11.5 Å². The largest absolute Gasteiger partial charge is 0.493 e. The van der Waals surface area contributed by atoms with Crippen LogP contribution in [-0.2, 0) is 6.54 Å². The number of ether oxygens (including phenoxy) is 2. The molecule has 0 bridgehead atoms. The van der Waals surface area contributed by atoms with Crippen molar-refractivity contribution in [2.75, 3.05) is 7.11 Å². The average molecular weight is 287 g/mol. The van der Waals surface area contributed by atoms with Crippen molar-refractivity contribution in [3.8, 4) is 11.5 Å². The Hall–Kier alpha value is -1.36. The number of halogens is 2. The summed E-state index contributed by atoms with van der Waals surface area (Å²) in [5.74, 6) is 0.937. The molecule has 1 N–H and O–H groups in total. The lowest BCUT2D eigenvalue weighted by Gasteiger charge is -2.20. The minimum atomic E-state index is -2.86. The maximum absolute atomic E-state index is 12.3. The monoisotopic (exact) mass is 287 g/mol. The third-order valence-corrected chi connectivity index (χ3v) is 3.57. The minimum Gasteiger partial charge on any atom is -0.493 e. The Morgan fingerprint density at radius 3 is 2.45 bits per heavy atom. The fourth-order valence-electron chi connectivity index (χ4n) is 1.85. The molecule has 0 aromatic heterocycles. The molecule has 0 amide bonds. The molecule has 0 radical (unpaired) electrons. The molecule has 2 atom stereocenters. The first-order valence-electron chi connectivity index (χ1n) is 6.83. The van der Waals surface area contributed by atoms with Crippen molar-refractivity contribution in [2.24, 2.45) is 5.92 Å². The number of alkyl halides is 2. The second kappa shape index (κ2) is 8.04. The third kappa shape index (κ3) is 4.96. The molecule has 0 spiro atoms. The van der Waals surface area contributed by atoms with E-state index < -0.39 is 6.61 Å². The fraction of sp³-hybridized carbons (Fsp3) is 0.600. The van der Waals surface area contributed by atoms with Crippen molar-refractivity contribution < 1.29 is 18.3 Å². The van der Waals surface area contributed by atoms with E-state index in [4.69, 9.17) is 4.74 Å². The lowest BCUT2D eigenvalue weighted by molar-refractivity contribution is -0.0512. The Balaban J connectivity index is 2.71. The molecule has 0 saturated heterocycles. The quantitative estimate of drug-likeness (QED) is 0.788. The van der Waals surface area contributed by atoms with E-state index in [2.05, 4.69) is 30.8 Å². The Kier molecular flexibility index (Phi) is 6.71. The summed E-state index contributed by atoms with van der Waals surface area (Å²) in [7, 11) is 1.43. The molecule has 1 aromatic carbocycles. The van der Waals surface area contributed by atoms with Crippen LogP contribution >= 0.6 is 0 Å². The molecule has 0 aliphatic heterocycles. The highest BCUT2D eigenvalue weighted by Gasteiger charge is 2.13. The number of benzene rings is 1. The van der Waals surface area contributed by atoms with Crippen LogP contribution in [0.4, 0.5) is 8.78 Å². The molecule has 1 rings (SSSR count). The first kappa shape index (κ1) is 16.7. The topological polar surface area (TPSA) is 30.5 Å². The molecule has 1 aromatic rings. The summed E-state index contributed by atoms with van der Waals surface area (Å²) in [6.45, 7) is 4.19. The van der Waals surface area contributed by atoms with Gasteiger partial charge in [0.05, 0.1) is 7.11 Å². The van der Waals surface area contributed by atoms with E-state index in [1.807, 2.05) is 6.07 Å². The smallest absolute Gasteiger partial charge is 0.387 e. The normalized spacial score (nSPS) is 14.2.